The van der Waals surface area contributed by atoms with Crippen molar-refractivity contribution in [3.63, 3.8) is 0 Å². The summed E-state index contributed by atoms with van der Waals surface area (Å²) >= 11 is 0. The Morgan fingerprint density at radius 2 is 1.09 bits per heavy atom. The van der Waals surface area contributed by atoms with Gasteiger partial charge in [0.1, 0.15) is 0 Å². The molecule has 5 aliphatic carbocycles. The van der Waals surface area contributed by atoms with Crippen molar-refractivity contribution >= 4 is 40.8 Å². The molecule has 0 N–H and O–H groups in total. The Balaban J connectivity index is 1.29. The zero-order chi connectivity index (χ0) is 49.6. The Hall–Kier alpha value is -4.50. The Kier molecular flexibility index (Phi) is 9.89. The van der Waals surface area contributed by atoms with Gasteiger partial charge >= 0.3 is 0 Å². The van der Waals surface area contributed by atoms with Crippen molar-refractivity contribution in [2.45, 2.75) is 219 Å². The van der Waals surface area contributed by atoms with E-state index in [1.165, 1.54) is 128 Å². The van der Waals surface area contributed by atoms with E-state index in [0.29, 0.717) is 0 Å². The summed E-state index contributed by atoms with van der Waals surface area (Å²) in [5.41, 5.74) is 28.0. The normalized spacial score (nSPS) is 25.1. The number of rotatable bonds is 2. The van der Waals surface area contributed by atoms with Crippen molar-refractivity contribution in [3.8, 4) is 0 Å². The van der Waals surface area contributed by atoms with Gasteiger partial charge in [0.05, 0.1) is 5.54 Å². The van der Waals surface area contributed by atoms with E-state index < -0.39 is 0 Å². The average molecular weight is 915 g/mol. The lowest BCUT2D eigenvalue weighted by molar-refractivity contribution is 0.331. The van der Waals surface area contributed by atoms with E-state index in [-0.39, 0.29) is 50.2 Å². The number of anilines is 3. The zero-order valence-corrected chi connectivity index (χ0v) is 46.1. The fourth-order valence-electron chi connectivity index (χ4n) is 14.9. The molecule has 7 aliphatic rings. The van der Waals surface area contributed by atoms with Gasteiger partial charge in [-0.25, -0.2) is 0 Å². The lowest BCUT2D eigenvalue weighted by Gasteiger charge is -2.57. The minimum Gasteiger partial charge on any atom is -0.336 e. The molecule has 4 aromatic rings. The number of allylic oxidation sites excluding steroid dienone is 2. The molecule has 0 amide bonds. The second kappa shape index (κ2) is 14.6. The topological polar surface area (TPSA) is 6.48 Å². The van der Waals surface area contributed by atoms with E-state index >= 15 is 0 Å². The van der Waals surface area contributed by atoms with E-state index in [0.717, 1.165) is 12.8 Å². The molecule has 69 heavy (non-hydrogen) atoms. The standard InChI is InChI=1S/C66H83BN2/c1-40-32-56-58-66(18,39-40)69(44-23-24-46-49(36-44)63(12,13)27-26-60(46,6)7)54-21-19-20-42-34-48-50(64(14,15)30-29-62(48,10)11)37-45(42)57(54)67(58)52-35-43(59(3,4)5)22-25-53(52)68(56)55-38-51-47(33-41(55)2)61(8,9)28-31-65(51,16)17/h19-20,22-25,32-38H,21,26-31,39H2,1-18H3. The molecule has 1 unspecified atom stereocenters. The maximum absolute atomic E-state index is 2.92. The van der Waals surface area contributed by atoms with Crippen LogP contribution < -0.4 is 15.3 Å². The molecule has 2 heterocycles. The molecule has 0 saturated carbocycles. The van der Waals surface area contributed by atoms with E-state index in [1.54, 1.807) is 16.6 Å². The SMILES string of the molecule is CC1=CC2=C3B(C4=C(CC=Cc5cc6c(cc54)C(C)(C)CCC6(C)C)N(c4ccc5c(c4)C(C)(C)CCC5(C)C)C3(C)C1)c1cc(C(C)(C)C)ccc1N2c1cc2c(cc1C)C(C)(C)CCC2(C)C. The largest absolute Gasteiger partial charge is 0.336 e. The van der Waals surface area contributed by atoms with Gasteiger partial charge in [-0.1, -0.05) is 158 Å². The molecular weight excluding hydrogens is 832 g/mol. The molecule has 0 fully saturated rings. The first-order valence-electron chi connectivity index (χ1n) is 27.0. The minimum absolute atomic E-state index is 0.0164. The first-order chi connectivity index (χ1) is 32.0. The Bertz CT molecular complexity index is 3030. The molecule has 2 nitrogen and oxygen atoms in total. The molecule has 360 valence electrons. The van der Waals surface area contributed by atoms with Crippen LogP contribution >= 0.6 is 0 Å². The molecular formula is C66H83BN2. The second-order valence-corrected chi connectivity index (χ2v) is 28.5. The van der Waals surface area contributed by atoms with Gasteiger partial charge < -0.3 is 9.80 Å². The second-order valence-electron chi connectivity index (χ2n) is 28.5. The Morgan fingerprint density at radius 1 is 0.551 bits per heavy atom. The summed E-state index contributed by atoms with van der Waals surface area (Å²) in [6, 6.07) is 26.0. The summed E-state index contributed by atoms with van der Waals surface area (Å²) in [5, 5.41) is 0. The molecule has 2 aliphatic heterocycles. The van der Waals surface area contributed by atoms with Crippen LogP contribution in [0.1, 0.15) is 225 Å². The van der Waals surface area contributed by atoms with Gasteiger partial charge in [0.2, 0.25) is 6.71 Å². The molecule has 3 heteroatoms. The van der Waals surface area contributed by atoms with Crippen molar-refractivity contribution in [1.82, 2.24) is 0 Å². The van der Waals surface area contributed by atoms with Gasteiger partial charge in [0, 0.05) is 34.9 Å². The summed E-state index contributed by atoms with van der Waals surface area (Å²) in [7, 11) is 0. The average Bonchev–Trinajstić information content (AvgIpc) is 3.43. The van der Waals surface area contributed by atoms with E-state index in [1.807, 2.05) is 0 Å². The highest BCUT2D eigenvalue weighted by Gasteiger charge is 2.56. The van der Waals surface area contributed by atoms with Gasteiger partial charge in [-0.05, 0) is 206 Å². The number of hydrogen-bond donors (Lipinski definition) is 0. The van der Waals surface area contributed by atoms with Crippen molar-refractivity contribution in [1.29, 1.82) is 0 Å². The lowest BCUT2D eigenvalue weighted by Crippen LogP contribution is -2.62. The number of benzene rings is 4. The maximum atomic E-state index is 2.92. The predicted octanol–water partition coefficient (Wildman–Crippen LogP) is 17.0. The van der Waals surface area contributed by atoms with Gasteiger partial charge in [0.25, 0.3) is 0 Å². The van der Waals surface area contributed by atoms with Crippen LogP contribution in [0.25, 0.3) is 11.5 Å². The molecule has 4 aromatic carbocycles. The fraction of sp³-hybridized carbons (Fsp3) is 0.515. The van der Waals surface area contributed by atoms with Crippen LogP contribution in [0.5, 0.6) is 0 Å². The summed E-state index contributed by atoms with van der Waals surface area (Å²) in [4.78, 5) is 5.68. The third kappa shape index (κ3) is 6.83. The summed E-state index contributed by atoms with van der Waals surface area (Å²) in [6.45, 7) is 44.6. The van der Waals surface area contributed by atoms with Crippen molar-refractivity contribution < 1.29 is 0 Å². The Labute approximate surface area is 418 Å². The van der Waals surface area contributed by atoms with Crippen LogP contribution in [0.15, 0.2) is 95.3 Å². The van der Waals surface area contributed by atoms with Crippen molar-refractivity contribution in [3.05, 3.63) is 151 Å². The van der Waals surface area contributed by atoms with Crippen molar-refractivity contribution in [2.24, 2.45) is 0 Å². The summed E-state index contributed by atoms with van der Waals surface area (Å²) < 4.78 is 0. The number of aryl methyl sites for hydroxylation is 1. The number of fused-ring (bicyclic) bond motifs is 8. The van der Waals surface area contributed by atoms with E-state index in [2.05, 4.69) is 213 Å². The zero-order valence-electron chi connectivity index (χ0n) is 46.1. The summed E-state index contributed by atoms with van der Waals surface area (Å²) in [6.07, 6.45) is 16.7. The smallest absolute Gasteiger partial charge is 0.248 e. The van der Waals surface area contributed by atoms with Crippen LogP contribution in [-0.4, -0.2) is 12.3 Å². The minimum atomic E-state index is -0.342. The van der Waals surface area contributed by atoms with Gasteiger partial charge in [-0.3, -0.25) is 0 Å². The molecule has 0 saturated heterocycles. The first kappa shape index (κ1) is 46.9. The molecule has 0 spiro atoms. The van der Waals surface area contributed by atoms with Gasteiger partial charge in [0.15, 0.2) is 0 Å². The lowest BCUT2D eigenvalue weighted by atomic mass is 9.28. The molecule has 0 radical (unpaired) electrons. The van der Waals surface area contributed by atoms with Crippen LogP contribution in [0.2, 0.25) is 0 Å². The summed E-state index contributed by atoms with van der Waals surface area (Å²) in [5.74, 6) is 0. The van der Waals surface area contributed by atoms with Crippen molar-refractivity contribution in [2.75, 3.05) is 9.80 Å². The third-order valence-electron chi connectivity index (χ3n) is 19.6. The number of nitrogens with zero attached hydrogens (tertiary/aromatic N) is 2. The molecule has 0 aromatic heterocycles. The quantitative estimate of drug-likeness (QED) is 0.185. The predicted molar refractivity (Wildman–Crippen MR) is 299 cm³/mol. The molecule has 1 atom stereocenters. The number of hydrogen-bond acceptors (Lipinski definition) is 2. The molecule has 11 rings (SSSR count). The molecule has 0 bridgehead atoms. The van der Waals surface area contributed by atoms with Crippen LogP contribution in [0, 0.1) is 6.92 Å². The van der Waals surface area contributed by atoms with Gasteiger partial charge in [-0.15, -0.1) is 0 Å². The van der Waals surface area contributed by atoms with Crippen LogP contribution in [-0.2, 0) is 37.9 Å². The highest BCUT2D eigenvalue weighted by molar-refractivity contribution is 6.97. The third-order valence-corrected chi connectivity index (χ3v) is 19.6. The van der Waals surface area contributed by atoms with Crippen LogP contribution in [0.3, 0.4) is 0 Å². The van der Waals surface area contributed by atoms with E-state index in [9.17, 15) is 0 Å². The Morgan fingerprint density at radius 3 is 1.68 bits per heavy atom. The fourth-order valence-corrected chi connectivity index (χ4v) is 14.9. The highest BCUT2D eigenvalue weighted by atomic mass is 15.2. The monoisotopic (exact) mass is 915 g/mol. The first-order valence-corrected chi connectivity index (χ1v) is 27.0. The van der Waals surface area contributed by atoms with Crippen LogP contribution in [0.4, 0.5) is 17.1 Å². The highest BCUT2D eigenvalue weighted by Crippen LogP contribution is 2.59. The van der Waals surface area contributed by atoms with Gasteiger partial charge in [-0.2, -0.15) is 0 Å². The maximum Gasteiger partial charge on any atom is 0.248 e. The van der Waals surface area contributed by atoms with E-state index in [4.69, 9.17) is 0 Å².